The number of aliphatic carboxylic acids is 1. The van der Waals surface area contributed by atoms with Crippen LogP contribution < -0.4 is 4.90 Å². The van der Waals surface area contributed by atoms with Crippen LogP contribution in [0.15, 0.2) is 18.2 Å². The van der Waals surface area contributed by atoms with Crippen molar-refractivity contribution in [2.75, 3.05) is 24.6 Å². The van der Waals surface area contributed by atoms with E-state index in [1.54, 1.807) is 12.0 Å². The van der Waals surface area contributed by atoms with Crippen molar-refractivity contribution in [3.8, 4) is 0 Å². The van der Waals surface area contributed by atoms with E-state index in [1.807, 2.05) is 18.2 Å². The summed E-state index contributed by atoms with van der Waals surface area (Å²) >= 11 is 5.68. The van der Waals surface area contributed by atoms with Gasteiger partial charge in [0.15, 0.2) is 0 Å². The van der Waals surface area contributed by atoms with Gasteiger partial charge in [-0.15, -0.1) is 11.6 Å². The molecule has 5 nitrogen and oxygen atoms in total. The number of carboxylic acid groups (broad SMARTS) is 1. The van der Waals surface area contributed by atoms with Gasteiger partial charge in [-0.25, -0.2) is 0 Å². The number of halogens is 1. The van der Waals surface area contributed by atoms with E-state index in [0.29, 0.717) is 0 Å². The highest BCUT2D eigenvalue weighted by Gasteiger charge is 2.19. The third kappa shape index (κ3) is 6.45. The smallest absolute Gasteiger partial charge is 0.300 e. The molecule has 1 aromatic carbocycles. The topological polar surface area (TPSA) is 66.8 Å². The van der Waals surface area contributed by atoms with Gasteiger partial charge >= 0.3 is 0 Å². The Morgan fingerprint density at radius 2 is 1.68 bits per heavy atom. The molecule has 1 N–H and O–H groups in total. The van der Waals surface area contributed by atoms with Crippen LogP contribution in [0.2, 0.25) is 0 Å². The molecule has 0 unspecified atom stereocenters. The Kier molecular flexibility index (Phi) is 10.2. The fraction of sp³-hybridized carbons (Fsp3) is 0.500. The first-order chi connectivity index (χ1) is 10.4. The second-order valence-corrected chi connectivity index (χ2v) is 4.79. The van der Waals surface area contributed by atoms with E-state index < -0.39 is 5.97 Å². The lowest BCUT2D eigenvalue weighted by atomic mass is 10.0. The van der Waals surface area contributed by atoms with Crippen molar-refractivity contribution in [3.05, 3.63) is 29.3 Å². The minimum Gasteiger partial charge on any atom is -0.481 e. The molecule has 0 heterocycles. The van der Waals surface area contributed by atoms with Crippen molar-refractivity contribution in [3.63, 3.8) is 0 Å². The maximum absolute atomic E-state index is 12.0. The third-order valence-electron chi connectivity index (χ3n) is 2.91. The molecule has 0 atom stereocenters. The number of methoxy groups -OCH3 is 1. The molecular weight excluding hydrogens is 306 g/mol. The summed E-state index contributed by atoms with van der Waals surface area (Å²) in [5.41, 5.74) is 3.24. The highest BCUT2D eigenvalue weighted by molar-refractivity contribution is 6.29. The molecule has 124 valence electrons. The van der Waals surface area contributed by atoms with Crippen LogP contribution in [0.25, 0.3) is 0 Å². The van der Waals surface area contributed by atoms with Crippen molar-refractivity contribution in [2.45, 2.75) is 33.6 Å². The summed E-state index contributed by atoms with van der Waals surface area (Å²) in [6, 6.07) is 6.11. The van der Waals surface area contributed by atoms with Crippen LogP contribution in [-0.2, 0) is 27.2 Å². The van der Waals surface area contributed by atoms with E-state index >= 15 is 0 Å². The molecule has 0 bridgehead atoms. The summed E-state index contributed by atoms with van der Waals surface area (Å²) in [7, 11) is 1.58. The zero-order valence-electron chi connectivity index (χ0n) is 13.6. The number of aryl methyl sites for hydroxylation is 2. The van der Waals surface area contributed by atoms with Gasteiger partial charge in [-0.1, -0.05) is 32.0 Å². The van der Waals surface area contributed by atoms with Gasteiger partial charge in [0.25, 0.3) is 5.97 Å². The Balaban J connectivity index is 0.000000980. The van der Waals surface area contributed by atoms with Gasteiger partial charge in [0.2, 0.25) is 5.91 Å². The van der Waals surface area contributed by atoms with Crippen LogP contribution in [-0.4, -0.2) is 36.7 Å². The number of carbonyl (C=O) groups excluding carboxylic acids is 1. The average Bonchev–Trinajstić information content (AvgIpc) is 2.50. The lowest BCUT2D eigenvalue weighted by Gasteiger charge is -2.26. The monoisotopic (exact) mass is 329 g/mol. The fourth-order valence-corrected chi connectivity index (χ4v) is 2.17. The number of alkyl halides is 1. The van der Waals surface area contributed by atoms with Crippen molar-refractivity contribution >= 4 is 29.2 Å². The quantitative estimate of drug-likeness (QED) is 0.643. The predicted molar refractivity (Wildman–Crippen MR) is 88.6 cm³/mol. The van der Waals surface area contributed by atoms with Gasteiger partial charge in [-0.05, 0) is 24.0 Å². The van der Waals surface area contributed by atoms with E-state index in [0.717, 1.165) is 36.6 Å². The first-order valence-electron chi connectivity index (χ1n) is 7.08. The molecule has 0 aliphatic rings. The first-order valence-corrected chi connectivity index (χ1v) is 7.61. The van der Waals surface area contributed by atoms with E-state index in [4.69, 9.17) is 26.2 Å². The number of nitrogens with zero attached hydrogens (tertiary/aromatic N) is 1. The Morgan fingerprint density at radius 1 is 1.23 bits per heavy atom. The summed E-state index contributed by atoms with van der Waals surface area (Å²) in [4.78, 5) is 22.6. The summed E-state index contributed by atoms with van der Waals surface area (Å²) in [5.74, 6) is -1.00. The van der Waals surface area contributed by atoms with Crippen molar-refractivity contribution in [1.29, 1.82) is 0 Å². The summed E-state index contributed by atoms with van der Waals surface area (Å²) < 4.78 is 5.13. The second-order valence-electron chi connectivity index (χ2n) is 4.52. The van der Waals surface area contributed by atoms with Crippen LogP contribution in [0.1, 0.15) is 31.9 Å². The number of hydrogen-bond donors (Lipinski definition) is 1. The van der Waals surface area contributed by atoms with Gasteiger partial charge in [0.1, 0.15) is 12.6 Å². The van der Waals surface area contributed by atoms with Crippen LogP contribution in [0.3, 0.4) is 0 Å². The molecule has 0 aromatic heterocycles. The third-order valence-corrected chi connectivity index (χ3v) is 3.14. The first kappa shape index (κ1) is 20.4. The number of anilines is 1. The van der Waals surface area contributed by atoms with E-state index in [9.17, 15) is 4.79 Å². The van der Waals surface area contributed by atoms with Crippen LogP contribution in [0.4, 0.5) is 5.69 Å². The van der Waals surface area contributed by atoms with Gasteiger partial charge in [-0.2, -0.15) is 0 Å². The lowest BCUT2D eigenvalue weighted by Crippen LogP contribution is -2.35. The highest BCUT2D eigenvalue weighted by Crippen LogP contribution is 2.27. The van der Waals surface area contributed by atoms with E-state index in [1.165, 1.54) is 0 Å². The Labute approximate surface area is 136 Å². The van der Waals surface area contributed by atoms with Gasteiger partial charge in [0.05, 0.1) is 5.69 Å². The summed E-state index contributed by atoms with van der Waals surface area (Å²) in [6.07, 6.45) is 1.75. The Morgan fingerprint density at radius 3 is 2.00 bits per heavy atom. The molecule has 0 saturated heterocycles. The summed E-state index contributed by atoms with van der Waals surface area (Å²) in [5, 5.41) is 7.42. The highest BCUT2D eigenvalue weighted by atomic mass is 35.5. The SMILES string of the molecule is CC(=O)O.CCc1cccc(CC)c1N(COC)C(=O)CCl. The van der Waals surface area contributed by atoms with Gasteiger partial charge < -0.3 is 9.84 Å². The maximum atomic E-state index is 12.0. The maximum Gasteiger partial charge on any atom is 0.300 e. The molecule has 0 spiro atoms. The average molecular weight is 330 g/mol. The molecular formula is C16H24ClNO4. The standard InChI is InChI=1S/C14H20ClNO2.C2H4O2/c1-4-11-7-6-8-12(5-2)14(11)16(10-18-3)13(17)9-15;1-2(3)4/h6-8H,4-5,9-10H2,1-3H3;1H3,(H,3,4). The second kappa shape index (κ2) is 11.0. The Bertz CT molecular complexity index is 465. The molecule has 1 aromatic rings. The fourth-order valence-electron chi connectivity index (χ4n) is 2.02. The molecule has 0 radical (unpaired) electrons. The zero-order valence-corrected chi connectivity index (χ0v) is 14.3. The number of carboxylic acids is 1. The zero-order chi connectivity index (χ0) is 17.1. The van der Waals surface area contributed by atoms with E-state index in [2.05, 4.69) is 13.8 Å². The predicted octanol–water partition coefficient (Wildman–Crippen LogP) is 3.08. The van der Waals surface area contributed by atoms with Crippen molar-refractivity contribution in [2.24, 2.45) is 0 Å². The number of benzene rings is 1. The van der Waals surface area contributed by atoms with Crippen LogP contribution >= 0.6 is 11.6 Å². The minimum atomic E-state index is -0.833. The molecule has 6 heteroatoms. The van der Waals surface area contributed by atoms with Crippen LogP contribution in [0, 0.1) is 0 Å². The normalized spacial score (nSPS) is 9.68. The number of rotatable bonds is 6. The molecule has 1 amide bonds. The molecule has 0 aliphatic heterocycles. The molecule has 0 aliphatic carbocycles. The molecule has 0 saturated carbocycles. The molecule has 22 heavy (non-hydrogen) atoms. The molecule has 1 rings (SSSR count). The largest absolute Gasteiger partial charge is 0.481 e. The van der Waals surface area contributed by atoms with Crippen molar-refractivity contribution < 1.29 is 19.4 Å². The number of ether oxygens (including phenoxy) is 1. The van der Waals surface area contributed by atoms with E-state index in [-0.39, 0.29) is 18.5 Å². The summed E-state index contributed by atoms with van der Waals surface area (Å²) in [6.45, 7) is 5.47. The Hall–Kier alpha value is -1.59. The number of para-hydroxylation sites is 1. The number of carbonyl (C=O) groups is 2. The van der Waals surface area contributed by atoms with Crippen molar-refractivity contribution in [1.82, 2.24) is 0 Å². The number of amides is 1. The van der Waals surface area contributed by atoms with Gasteiger partial charge in [-0.3, -0.25) is 14.5 Å². The van der Waals surface area contributed by atoms with Gasteiger partial charge in [0, 0.05) is 14.0 Å². The number of hydrogen-bond acceptors (Lipinski definition) is 3. The van der Waals surface area contributed by atoms with Crippen LogP contribution in [0.5, 0.6) is 0 Å². The lowest BCUT2D eigenvalue weighted by molar-refractivity contribution is -0.134. The molecule has 0 fully saturated rings. The minimum absolute atomic E-state index is 0.0371.